The van der Waals surface area contributed by atoms with Gasteiger partial charge in [-0.2, -0.15) is 0 Å². The van der Waals surface area contributed by atoms with E-state index in [4.69, 9.17) is 5.73 Å². The molecule has 0 aliphatic heterocycles. The van der Waals surface area contributed by atoms with Crippen LogP contribution in [0.5, 0.6) is 0 Å². The number of rotatable bonds is 4. The summed E-state index contributed by atoms with van der Waals surface area (Å²) in [5.41, 5.74) is 10.8. The van der Waals surface area contributed by atoms with Crippen LogP contribution in [0, 0.1) is 6.92 Å². The largest absolute Gasteiger partial charge is 0.390 e. The Balaban J connectivity index is 2.07. The first kappa shape index (κ1) is 17.9. The lowest BCUT2D eigenvalue weighted by atomic mass is 9.93. The van der Waals surface area contributed by atoms with Crippen molar-refractivity contribution in [1.82, 2.24) is 9.97 Å². The second kappa shape index (κ2) is 6.88. The number of aromatic nitrogens is 2. The lowest BCUT2D eigenvalue weighted by Gasteiger charge is -2.15. The average Bonchev–Trinajstić information content (AvgIpc) is 3.18. The van der Waals surface area contributed by atoms with Crippen LogP contribution in [0.25, 0.3) is 32.1 Å². The standard InChI is InChI=1S/C21H21N3O2S/c1-11(9-22)13-3-5-14(6-4-13)17-12(2)23-16(10-25)19-18(17)15-7-8-27-20(15)21(26)24-19/h3-8,11,25H,9-10,22H2,1-2H3,(H,24,26)/t11-/m0/s1. The van der Waals surface area contributed by atoms with E-state index in [0.29, 0.717) is 28.4 Å². The van der Waals surface area contributed by atoms with Gasteiger partial charge in [-0.1, -0.05) is 31.2 Å². The van der Waals surface area contributed by atoms with E-state index in [-0.39, 0.29) is 12.2 Å². The van der Waals surface area contributed by atoms with Crippen molar-refractivity contribution in [2.24, 2.45) is 5.73 Å². The Morgan fingerprint density at radius 2 is 2.00 bits per heavy atom. The molecular weight excluding hydrogens is 358 g/mol. The van der Waals surface area contributed by atoms with E-state index in [1.807, 2.05) is 18.4 Å². The summed E-state index contributed by atoms with van der Waals surface area (Å²) in [6, 6.07) is 10.3. The smallest absolute Gasteiger partial charge is 0.266 e. The Bertz CT molecular complexity index is 1190. The van der Waals surface area contributed by atoms with E-state index in [1.165, 1.54) is 16.9 Å². The van der Waals surface area contributed by atoms with Gasteiger partial charge in [-0.05, 0) is 42.0 Å². The van der Waals surface area contributed by atoms with Crippen molar-refractivity contribution in [3.63, 3.8) is 0 Å². The molecule has 0 bridgehead atoms. The summed E-state index contributed by atoms with van der Waals surface area (Å²) in [5, 5.41) is 13.5. The van der Waals surface area contributed by atoms with Crippen LogP contribution in [-0.4, -0.2) is 21.6 Å². The van der Waals surface area contributed by atoms with Crippen LogP contribution in [-0.2, 0) is 6.61 Å². The lowest BCUT2D eigenvalue weighted by molar-refractivity contribution is 0.278. The molecule has 0 saturated heterocycles. The number of H-pyrrole nitrogens is 1. The van der Waals surface area contributed by atoms with Gasteiger partial charge in [0, 0.05) is 22.0 Å². The SMILES string of the molecule is Cc1nc(CO)c2[nH]c(=O)c3sccc3c2c1-c1ccc([C@@H](C)CN)cc1. The summed E-state index contributed by atoms with van der Waals surface area (Å²) in [4.78, 5) is 19.9. The zero-order valence-electron chi connectivity index (χ0n) is 15.2. The third-order valence-corrected chi connectivity index (χ3v) is 6.02. The van der Waals surface area contributed by atoms with Gasteiger partial charge in [0.05, 0.1) is 17.8 Å². The molecule has 4 aromatic rings. The van der Waals surface area contributed by atoms with Crippen molar-refractivity contribution < 1.29 is 5.11 Å². The van der Waals surface area contributed by atoms with Crippen molar-refractivity contribution >= 4 is 32.3 Å². The van der Waals surface area contributed by atoms with Gasteiger partial charge in [0.1, 0.15) is 4.70 Å². The molecular formula is C21H21N3O2S. The number of nitrogens with two attached hydrogens (primary N) is 1. The van der Waals surface area contributed by atoms with Crippen molar-refractivity contribution in [1.29, 1.82) is 0 Å². The molecule has 138 valence electrons. The molecule has 0 amide bonds. The Hall–Kier alpha value is -2.54. The van der Waals surface area contributed by atoms with E-state index in [1.54, 1.807) is 0 Å². The fourth-order valence-electron chi connectivity index (χ4n) is 3.60. The van der Waals surface area contributed by atoms with Crippen LogP contribution in [0.3, 0.4) is 0 Å². The van der Waals surface area contributed by atoms with E-state index in [9.17, 15) is 9.90 Å². The number of nitrogens with one attached hydrogen (secondary N) is 1. The van der Waals surface area contributed by atoms with E-state index >= 15 is 0 Å². The van der Waals surface area contributed by atoms with Gasteiger partial charge in [-0.15, -0.1) is 11.3 Å². The highest BCUT2D eigenvalue weighted by atomic mass is 32.1. The highest BCUT2D eigenvalue weighted by Gasteiger charge is 2.18. The topological polar surface area (TPSA) is 92.0 Å². The second-order valence-electron chi connectivity index (χ2n) is 6.80. The third kappa shape index (κ3) is 2.86. The molecule has 3 aromatic heterocycles. The summed E-state index contributed by atoms with van der Waals surface area (Å²) in [6.45, 7) is 4.42. The first-order valence-electron chi connectivity index (χ1n) is 8.89. The van der Waals surface area contributed by atoms with Crippen LogP contribution < -0.4 is 11.3 Å². The molecule has 0 unspecified atom stereocenters. The van der Waals surface area contributed by atoms with Crippen molar-refractivity contribution in [2.75, 3.05) is 6.54 Å². The molecule has 0 spiro atoms. The zero-order valence-corrected chi connectivity index (χ0v) is 16.1. The first-order valence-corrected chi connectivity index (χ1v) is 9.77. The summed E-state index contributed by atoms with van der Waals surface area (Å²) in [5.74, 6) is 0.298. The van der Waals surface area contributed by atoms with Crippen molar-refractivity contribution in [2.45, 2.75) is 26.4 Å². The van der Waals surface area contributed by atoms with Gasteiger partial charge in [0.2, 0.25) is 0 Å². The molecule has 0 fully saturated rings. The van der Waals surface area contributed by atoms with Crippen LogP contribution in [0.15, 0.2) is 40.5 Å². The van der Waals surface area contributed by atoms with Gasteiger partial charge in [-0.25, -0.2) is 0 Å². The number of aryl methyl sites for hydroxylation is 1. The maximum atomic E-state index is 12.4. The maximum absolute atomic E-state index is 12.4. The van der Waals surface area contributed by atoms with E-state index in [0.717, 1.165) is 27.6 Å². The fraction of sp³-hybridized carbons (Fsp3) is 0.238. The minimum Gasteiger partial charge on any atom is -0.390 e. The normalized spacial score (nSPS) is 12.7. The molecule has 3 heterocycles. The van der Waals surface area contributed by atoms with Crippen LogP contribution in [0.2, 0.25) is 0 Å². The number of fused-ring (bicyclic) bond motifs is 3. The van der Waals surface area contributed by atoms with E-state index in [2.05, 4.69) is 41.2 Å². The first-order chi connectivity index (χ1) is 13.0. The Morgan fingerprint density at radius 1 is 1.26 bits per heavy atom. The summed E-state index contributed by atoms with van der Waals surface area (Å²) in [7, 11) is 0. The molecule has 0 aliphatic carbocycles. The molecule has 1 atom stereocenters. The number of thiophene rings is 1. The quantitative estimate of drug-likeness (QED) is 0.504. The average molecular weight is 379 g/mol. The lowest BCUT2D eigenvalue weighted by Crippen LogP contribution is -2.09. The minimum atomic E-state index is -0.226. The number of hydrogen-bond donors (Lipinski definition) is 3. The second-order valence-corrected chi connectivity index (χ2v) is 7.72. The van der Waals surface area contributed by atoms with Crippen molar-refractivity contribution in [3.05, 3.63) is 63.0 Å². The van der Waals surface area contributed by atoms with Gasteiger partial charge >= 0.3 is 0 Å². The Morgan fingerprint density at radius 3 is 2.67 bits per heavy atom. The maximum Gasteiger partial charge on any atom is 0.266 e. The van der Waals surface area contributed by atoms with Gasteiger partial charge in [-0.3, -0.25) is 9.78 Å². The van der Waals surface area contributed by atoms with Crippen LogP contribution in [0.1, 0.15) is 29.8 Å². The highest BCUT2D eigenvalue weighted by Crippen LogP contribution is 2.37. The fourth-order valence-corrected chi connectivity index (χ4v) is 4.40. The van der Waals surface area contributed by atoms with Gasteiger partial charge in [0.25, 0.3) is 5.56 Å². The highest BCUT2D eigenvalue weighted by molar-refractivity contribution is 7.17. The molecule has 27 heavy (non-hydrogen) atoms. The monoisotopic (exact) mass is 379 g/mol. The zero-order chi connectivity index (χ0) is 19.1. The molecule has 0 radical (unpaired) electrons. The Kier molecular flexibility index (Phi) is 4.55. The van der Waals surface area contributed by atoms with E-state index < -0.39 is 0 Å². The number of pyridine rings is 2. The number of aromatic amines is 1. The summed E-state index contributed by atoms with van der Waals surface area (Å²) < 4.78 is 0.687. The molecule has 4 N–H and O–H groups in total. The predicted molar refractivity (Wildman–Crippen MR) is 111 cm³/mol. The van der Waals surface area contributed by atoms with Crippen LogP contribution >= 0.6 is 11.3 Å². The van der Waals surface area contributed by atoms with Crippen LogP contribution in [0.4, 0.5) is 0 Å². The predicted octanol–water partition coefficient (Wildman–Crippen LogP) is 3.67. The van der Waals surface area contributed by atoms with Gasteiger partial charge in [0.15, 0.2) is 0 Å². The van der Waals surface area contributed by atoms with Gasteiger partial charge < -0.3 is 15.8 Å². The Labute approximate surface area is 160 Å². The molecule has 4 rings (SSSR count). The molecule has 1 aromatic carbocycles. The molecule has 0 saturated carbocycles. The molecule has 5 nitrogen and oxygen atoms in total. The molecule has 0 aliphatic rings. The summed E-state index contributed by atoms with van der Waals surface area (Å²) >= 11 is 1.42. The number of hydrogen-bond acceptors (Lipinski definition) is 5. The minimum absolute atomic E-state index is 0.147. The number of nitrogens with zero attached hydrogens (tertiary/aromatic N) is 1. The number of benzene rings is 1. The third-order valence-electron chi connectivity index (χ3n) is 5.10. The van der Waals surface area contributed by atoms with Crippen molar-refractivity contribution in [3.8, 4) is 11.1 Å². The summed E-state index contributed by atoms with van der Waals surface area (Å²) in [6.07, 6.45) is 0. The number of aliphatic hydroxyl groups excluding tert-OH is 1. The molecule has 6 heteroatoms. The number of aliphatic hydroxyl groups is 1.